The number of fused-ring (bicyclic) bond motifs is 1. The van der Waals surface area contributed by atoms with Crippen LogP contribution in [0, 0.1) is 11.6 Å². The maximum absolute atomic E-state index is 13.7. The van der Waals surface area contributed by atoms with E-state index in [1.807, 2.05) is 6.07 Å². The van der Waals surface area contributed by atoms with Gasteiger partial charge in [-0.15, -0.1) is 0 Å². The molecule has 0 radical (unpaired) electrons. The third-order valence-electron chi connectivity index (χ3n) is 4.12. The number of halogens is 3. The van der Waals surface area contributed by atoms with Crippen molar-refractivity contribution in [2.45, 2.75) is 13.2 Å². The van der Waals surface area contributed by atoms with Crippen LogP contribution in [0.4, 0.5) is 8.78 Å². The fraction of sp³-hybridized carbons (Fsp3) is 0.158. The van der Waals surface area contributed by atoms with Gasteiger partial charge in [0.1, 0.15) is 29.0 Å². The van der Waals surface area contributed by atoms with Crippen LogP contribution in [0.15, 0.2) is 52.0 Å². The molecule has 0 spiro atoms. The molecule has 0 fully saturated rings. The van der Waals surface area contributed by atoms with Gasteiger partial charge in [0.25, 0.3) is 5.56 Å². The van der Waals surface area contributed by atoms with Crippen molar-refractivity contribution in [1.82, 2.24) is 9.55 Å². The molecule has 2 aromatic carbocycles. The highest BCUT2D eigenvalue weighted by Gasteiger charge is 2.15. The van der Waals surface area contributed by atoms with Crippen LogP contribution in [0.3, 0.4) is 0 Å². The first-order chi connectivity index (χ1) is 13.5. The van der Waals surface area contributed by atoms with E-state index in [0.717, 1.165) is 17.7 Å². The Morgan fingerprint density at radius 3 is 2.79 bits per heavy atom. The van der Waals surface area contributed by atoms with Crippen LogP contribution in [0.25, 0.3) is 0 Å². The molecule has 28 heavy (non-hydrogen) atoms. The summed E-state index contributed by atoms with van der Waals surface area (Å²) in [6.07, 6.45) is 1.34. The van der Waals surface area contributed by atoms with E-state index in [1.54, 1.807) is 12.1 Å². The van der Waals surface area contributed by atoms with Crippen LogP contribution in [0.5, 0.6) is 17.4 Å². The minimum atomic E-state index is -0.729. The van der Waals surface area contributed by atoms with Crippen molar-refractivity contribution in [1.29, 1.82) is 0 Å². The predicted molar refractivity (Wildman–Crippen MR) is 98.6 cm³/mol. The van der Waals surface area contributed by atoms with Crippen molar-refractivity contribution in [2.75, 3.05) is 6.79 Å². The lowest BCUT2D eigenvalue weighted by Crippen LogP contribution is -2.22. The minimum absolute atomic E-state index is 0.0238. The van der Waals surface area contributed by atoms with Gasteiger partial charge < -0.3 is 14.2 Å². The van der Waals surface area contributed by atoms with Crippen LogP contribution >= 0.6 is 15.9 Å². The maximum atomic E-state index is 13.7. The van der Waals surface area contributed by atoms with E-state index in [1.165, 1.54) is 17.0 Å². The lowest BCUT2D eigenvalue weighted by atomic mass is 10.2. The molecule has 9 heteroatoms. The van der Waals surface area contributed by atoms with E-state index >= 15 is 0 Å². The standard InChI is InChI=1S/C19H13BrF2N2O4/c20-17-18(26-8-12-2-3-13(21)6-14(12)22)23-9-24(19(17)25)7-11-1-4-15-16(5-11)28-10-27-15/h1-6,9H,7-8,10H2. The second kappa shape index (κ2) is 7.59. The number of ether oxygens (including phenoxy) is 3. The molecule has 3 aromatic rings. The summed E-state index contributed by atoms with van der Waals surface area (Å²) < 4.78 is 44.2. The number of hydrogen-bond acceptors (Lipinski definition) is 5. The molecular formula is C19H13BrF2N2O4. The first-order valence-corrected chi connectivity index (χ1v) is 9.01. The molecule has 4 rings (SSSR count). The molecule has 0 bridgehead atoms. The average Bonchev–Trinajstić information content (AvgIpc) is 3.14. The molecule has 0 N–H and O–H groups in total. The summed E-state index contributed by atoms with van der Waals surface area (Å²) >= 11 is 3.18. The molecule has 0 atom stereocenters. The first kappa shape index (κ1) is 18.4. The molecular weight excluding hydrogens is 438 g/mol. The van der Waals surface area contributed by atoms with Crippen molar-refractivity contribution >= 4 is 15.9 Å². The predicted octanol–water partition coefficient (Wildman–Crippen LogP) is 3.64. The smallest absolute Gasteiger partial charge is 0.271 e. The average molecular weight is 451 g/mol. The van der Waals surface area contributed by atoms with Gasteiger partial charge in [-0.2, -0.15) is 0 Å². The summed E-state index contributed by atoms with van der Waals surface area (Å²) in [5.74, 6) is -0.0966. The zero-order valence-corrected chi connectivity index (χ0v) is 15.9. The zero-order valence-electron chi connectivity index (χ0n) is 14.3. The summed E-state index contributed by atoms with van der Waals surface area (Å²) in [6, 6.07) is 8.58. The molecule has 0 aliphatic carbocycles. The van der Waals surface area contributed by atoms with Crippen LogP contribution in [-0.2, 0) is 13.2 Å². The van der Waals surface area contributed by atoms with E-state index in [-0.39, 0.29) is 41.4 Å². The maximum Gasteiger partial charge on any atom is 0.271 e. The summed E-state index contributed by atoms with van der Waals surface area (Å²) in [5, 5.41) is 0. The van der Waals surface area contributed by atoms with Gasteiger partial charge in [-0.3, -0.25) is 9.36 Å². The van der Waals surface area contributed by atoms with E-state index in [9.17, 15) is 13.6 Å². The van der Waals surface area contributed by atoms with Gasteiger partial charge in [-0.1, -0.05) is 6.07 Å². The summed E-state index contributed by atoms with van der Waals surface area (Å²) in [7, 11) is 0. The number of hydrogen-bond donors (Lipinski definition) is 0. The molecule has 6 nitrogen and oxygen atoms in total. The molecule has 0 amide bonds. The molecule has 1 aliphatic heterocycles. The minimum Gasteiger partial charge on any atom is -0.472 e. The van der Waals surface area contributed by atoms with Crippen molar-refractivity contribution in [2.24, 2.45) is 0 Å². The number of aromatic nitrogens is 2. The summed E-state index contributed by atoms with van der Waals surface area (Å²) in [6.45, 7) is 0.254. The van der Waals surface area contributed by atoms with Crippen molar-refractivity contribution in [3.63, 3.8) is 0 Å². The number of benzene rings is 2. The molecule has 0 saturated heterocycles. The first-order valence-electron chi connectivity index (χ1n) is 8.21. The van der Waals surface area contributed by atoms with Gasteiger partial charge in [-0.05, 0) is 45.8 Å². The Bertz CT molecular complexity index is 1100. The van der Waals surface area contributed by atoms with Gasteiger partial charge >= 0.3 is 0 Å². The largest absolute Gasteiger partial charge is 0.472 e. The highest BCUT2D eigenvalue weighted by molar-refractivity contribution is 9.10. The number of rotatable bonds is 5. The molecule has 2 heterocycles. The molecule has 144 valence electrons. The van der Waals surface area contributed by atoms with Gasteiger partial charge in [0, 0.05) is 11.6 Å². The third-order valence-corrected chi connectivity index (χ3v) is 4.80. The monoisotopic (exact) mass is 450 g/mol. The Morgan fingerprint density at radius 1 is 1.14 bits per heavy atom. The van der Waals surface area contributed by atoms with Crippen LogP contribution in [-0.4, -0.2) is 16.3 Å². The van der Waals surface area contributed by atoms with E-state index in [0.29, 0.717) is 11.5 Å². The van der Waals surface area contributed by atoms with E-state index in [4.69, 9.17) is 14.2 Å². The summed E-state index contributed by atoms with van der Waals surface area (Å²) in [4.78, 5) is 16.7. The van der Waals surface area contributed by atoms with Crippen LogP contribution in [0.1, 0.15) is 11.1 Å². The van der Waals surface area contributed by atoms with Crippen molar-refractivity contribution in [3.05, 3.63) is 80.3 Å². The van der Waals surface area contributed by atoms with E-state index in [2.05, 4.69) is 20.9 Å². The van der Waals surface area contributed by atoms with Gasteiger partial charge in [-0.25, -0.2) is 13.8 Å². The van der Waals surface area contributed by atoms with Gasteiger partial charge in [0.15, 0.2) is 11.5 Å². The Hall–Kier alpha value is -2.94. The topological polar surface area (TPSA) is 62.6 Å². The molecule has 0 unspecified atom stereocenters. The highest BCUT2D eigenvalue weighted by Crippen LogP contribution is 2.32. The number of nitrogens with zero attached hydrogens (tertiary/aromatic N) is 2. The Balaban J connectivity index is 1.51. The second-order valence-electron chi connectivity index (χ2n) is 6.01. The van der Waals surface area contributed by atoms with Crippen LogP contribution < -0.4 is 19.8 Å². The lowest BCUT2D eigenvalue weighted by molar-refractivity contribution is 0.174. The lowest BCUT2D eigenvalue weighted by Gasteiger charge is -2.11. The second-order valence-corrected chi connectivity index (χ2v) is 6.80. The van der Waals surface area contributed by atoms with E-state index < -0.39 is 11.6 Å². The summed E-state index contributed by atoms with van der Waals surface area (Å²) in [5.41, 5.74) is 0.629. The Labute approximate surface area is 166 Å². The quantitative estimate of drug-likeness (QED) is 0.593. The van der Waals surface area contributed by atoms with Crippen molar-refractivity contribution in [3.8, 4) is 17.4 Å². The fourth-order valence-electron chi connectivity index (χ4n) is 2.68. The van der Waals surface area contributed by atoms with Crippen LogP contribution in [0.2, 0.25) is 0 Å². The van der Waals surface area contributed by atoms with Crippen molar-refractivity contribution < 1.29 is 23.0 Å². The SMILES string of the molecule is O=c1c(Br)c(OCc2ccc(F)cc2F)ncn1Cc1ccc2c(c1)OCO2. The highest BCUT2D eigenvalue weighted by atomic mass is 79.9. The van der Waals surface area contributed by atoms with Gasteiger partial charge in [0.05, 0.1) is 6.54 Å². The van der Waals surface area contributed by atoms with Gasteiger partial charge in [0.2, 0.25) is 12.7 Å². The normalized spacial score (nSPS) is 12.2. The Morgan fingerprint density at radius 2 is 1.96 bits per heavy atom. The third kappa shape index (κ3) is 3.70. The Kier molecular flexibility index (Phi) is 4.99. The molecule has 1 aromatic heterocycles. The molecule has 1 aliphatic rings. The zero-order chi connectivity index (χ0) is 19.7. The molecule has 0 saturated carbocycles. The fourth-order valence-corrected chi connectivity index (χ4v) is 3.13.